The molecule has 0 aliphatic carbocycles. The normalized spacial score (nSPS) is 17.4. The smallest absolute Gasteiger partial charge is 0.337 e. The molecule has 8 heteroatoms. The molecule has 0 bridgehead atoms. The van der Waals surface area contributed by atoms with Gasteiger partial charge in [0.15, 0.2) is 5.11 Å². The van der Waals surface area contributed by atoms with Crippen molar-refractivity contribution in [2.75, 3.05) is 7.11 Å². The number of thiocarbonyl (C=S) groups is 1. The summed E-state index contributed by atoms with van der Waals surface area (Å²) in [5.74, 6) is -0.373. The molecule has 170 valence electrons. The van der Waals surface area contributed by atoms with Crippen molar-refractivity contribution >= 4 is 23.3 Å². The third-order valence-electron chi connectivity index (χ3n) is 5.89. The zero-order chi connectivity index (χ0) is 23.5. The van der Waals surface area contributed by atoms with Crippen LogP contribution in [0.3, 0.4) is 0 Å². The molecule has 0 amide bonds. The van der Waals surface area contributed by atoms with Crippen molar-refractivity contribution in [2.24, 2.45) is 0 Å². The first-order valence-electron chi connectivity index (χ1n) is 10.9. The summed E-state index contributed by atoms with van der Waals surface area (Å²) in [6, 6.07) is 22.9. The van der Waals surface area contributed by atoms with E-state index in [1.54, 1.807) is 18.5 Å². The van der Waals surface area contributed by atoms with E-state index < -0.39 is 0 Å². The number of nitrogens with one attached hydrogen (secondary N) is 1. The van der Waals surface area contributed by atoms with Gasteiger partial charge < -0.3 is 19.5 Å². The number of pyridine rings is 2. The van der Waals surface area contributed by atoms with Gasteiger partial charge in [0.05, 0.1) is 42.7 Å². The molecular formula is C26H23N5O2S. The molecule has 5 rings (SSSR count). The summed E-state index contributed by atoms with van der Waals surface area (Å²) in [7, 11) is 1.38. The number of hydrogen-bond acceptors (Lipinski definition) is 5. The van der Waals surface area contributed by atoms with E-state index in [4.69, 9.17) is 17.0 Å². The van der Waals surface area contributed by atoms with E-state index in [0.29, 0.717) is 17.2 Å². The second-order valence-corrected chi connectivity index (χ2v) is 8.31. The van der Waals surface area contributed by atoms with Gasteiger partial charge in [-0.25, -0.2) is 4.79 Å². The van der Waals surface area contributed by atoms with Crippen LogP contribution in [0.4, 0.5) is 0 Å². The molecule has 4 heterocycles. The van der Waals surface area contributed by atoms with Crippen LogP contribution < -0.4 is 5.32 Å². The van der Waals surface area contributed by atoms with Gasteiger partial charge in [0.25, 0.3) is 0 Å². The summed E-state index contributed by atoms with van der Waals surface area (Å²) < 4.78 is 6.99. The molecule has 0 spiro atoms. The van der Waals surface area contributed by atoms with Crippen molar-refractivity contribution in [3.8, 4) is 5.69 Å². The number of hydrogen-bond donors (Lipinski definition) is 1. The Bertz CT molecular complexity index is 1310. The molecule has 0 unspecified atom stereocenters. The first kappa shape index (κ1) is 21.8. The van der Waals surface area contributed by atoms with Gasteiger partial charge in [-0.2, -0.15) is 0 Å². The molecule has 0 radical (unpaired) electrons. The minimum atomic E-state index is -0.373. The van der Waals surface area contributed by atoms with Crippen molar-refractivity contribution in [3.05, 3.63) is 114 Å². The summed E-state index contributed by atoms with van der Waals surface area (Å²) in [4.78, 5) is 23.4. The van der Waals surface area contributed by atoms with Crippen LogP contribution in [0.25, 0.3) is 5.69 Å². The molecule has 4 aromatic rings. The number of carbonyl (C=O) groups is 1. The SMILES string of the molecule is COC(=O)c1cccc(-n2cccc2[C@@H]2[C@@H](c3ccccn3)NC(=S)N2Cc2ccccn2)c1. The maximum atomic E-state index is 12.1. The third kappa shape index (κ3) is 4.15. The number of ether oxygens (including phenoxy) is 1. The minimum Gasteiger partial charge on any atom is -0.465 e. The van der Waals surface area contributed by atoms with Crippen LogP contribution >= 0.6 is 12.2 Å². The predicted octanol–water partition coefficient (Wildman–Crippen LogP) is 4.23. The van der Waals surface area contributed by atoms with Crippen molar-refractivity contribution < 1.29 is 9.53 Å². The van der Waals surface area contributed by atoms with E-state index in [1.165, 1.54) is 7.11 Å². The Morgan fingerprint density at radius 1 is 1.03 bits per heavy atom. The fourth-order valence-corrected chi connectivity index (χ4v) is 4.64. The van der Waals surface area contributed by atoms with Crippen molar-refractivity contribution in [2.45, 2.75) is 18.6 Å². The molecule has 7 nitrogen and oxygen atoms in total. The Labute approximate surface area is 203 Å². The second-order valence-electron chi connectivity index (χ2n) is 7.92. The fraction of sp³-hybridized carbons (Fsp3) is 0.154. The van der Waals surface area contributed by atoms with Gasteiger partial charge in [0.2, 0.25) is 0 Å². The van der Waals surface area contributed by atoms with Crippen LogP contribution in [0.15, 0.2) is 91.4 Å². The molecular weight excluding hydrogens is 446 g/mol. The maximum absolute atomic E-state index is 12.1. The maximum Gasteiger partial charge on any atom is 0.337 e. The third-order valence-corrected chi connectivity index (χ3v) is 6.24. The van der Waals surface area contributed by atoms with Crippen LogP contribution in [0.1, 0.15) is 39.5 Å². The molecule has 1 aliphatic rings. The molecule has 0 saturated carbocycles. The Balaban J connectivity index is 1.59. The molecule has 1 saturated heterocycles. The minimum absolute atomic E-state index is 0.152. The van der Waals surface area contributed by atoms with Crippen LogP contribution in [-0.2, 0) is 11.3 Å². The van der Waals surface area contributed by atoms with Crippen molar-refractivity contribution in [1.82, 2.24) is 24.8 Å². The lowest BCUT2D eigenvalue weighted by Gasteiger charge is -2.28. The number of esters is 1. The average molecular weight is 470 g/mol. The molecule has 1 fully saturated rings. The number of rotatable bonds is 6. The number of benzene rings is 1. The van der Waals surface area contributed by atoms with Gasteiger partial charge >= 0.3 is 5.97 Å². The number of carbonyl (C=O) groups excluding carboxylic acids is 1. The Kier molecular flexibility index (Phi) is 6.05. The quantitative estimate of drug-likeness (QED) is 0.335. The largest absolute Gasteiger partial charge is 0.465 e. The van der Waals surface area contributed by atoms with E-state index in [2.05, 4.69) is 30.8 Å². The molecule has 3 aromatic heterocycles. The molecule has 1 aliphatic heterocycles. The lowest BCUT2D eigenvalue weighted by atomic mass is 10.0. The van der Waals surface area contributed by atoms with Gasteiger partial charge in [-0.3, -0.25) is 9.97 Å². The highest BCUT2D eigenvalue weighted by Gasteiger charge is 2.41. The first-order chi connectivity index (χ1) is 16.7. The number of methoxy groups -OCH3 is 1. The number of nitrogens with zero attached hydrogens (tertiary/aromatic N) is 4. The van der Waals surface area contributed by atoms with Crippen LogP contribution in [0.5, 0.6) is 0 Å². The first-order valence-corrected chi connectivity index (χ1v) is 11.3. The molecule has 34 heavy (non-hydrogen) atoms. The highest BCUT2D eigenvalue weighted by atomic mass is 32.1. The summed E-state index contributed by atoms with van der Waals surface area (Å²) in [5.41, 5.74) is 4.18. The summed E-state index contributed by atoms with van der Waals surface area (Å²) >= 11 is 5.79. The van der Waals surface area contributed by atoms with Gasteiger partial charge in [0, 0.05) is 30.0 Å². The fourth-order valence-electron chi connectivity index (χ4n) is 4.33. The topological polar surface area (TPSA) is 72.3 Å². The molecule has 1 N–H and O–H groups in total. The van der Waals surface area contributed by atoms with E-state index >= 15 is 0 Å². The van der Waals surface area contributed by atoms with E-state index in [0.717, 1.165) is 22.8 Å². The van der Waals surface area contributed by atoms with E-state index in [-0.39, 0.29) is 18.1 Å². The second kappa shape index (κ2) is 9.44. The van der Waals surface area contributed by atoms with Gasteiger partial charge in [-0.15, -0.1) is 0 Å². The Morgan fingerprint density at radius 2 is 1.85 bits per heavy atom. The lowest BCUT2D eigenvalue weighted by molar-refractivity contribution is 0.0600. The van der Waals surface area contributed by atoms with E-state index in [9.17, 15) is 4.79 Å². The predicted molar refractivity (Wildman–Crippen MR) is 132 cm³/mol. The van der Waals surface area contributed by atoms with Gasteiger partial charge in [-0.05, 0) is 66.8 Å². The van der Waals surface area contributed by atoms with Gasteiger partial charge in [0.1, 0.15) is 0 Å². The summed E-state index contributed by atoms with van der Waals surface area (Å²) in [6.07, 6.45) is 5.56. The van der Waals surface area contributed by atoms with Crippen molar-refractivity contribution in [1.29, 1.82) is 0 Å². The average Bonchev–Trinajstić information content (AvgIpc) is 3.49. The molecule has 1 aromatic carbocycles. The monoisotopic (exact) mass is 469 g/mol. The zero-order valence-corrected chi connectivity index (χ0v) is 19.4. The van der Waals surface area contributed by atoms with Crippen LogP contribution in [-0.4, -0.2) is 37.6 Å². The lowest BCUT2D eigenvalue weighted by Crippen LogP contribution is -2.30. The highest BCUT2D eigenvalue weighted by molar-refractivity contribution is 7.80. The standard InChI is InChI=1S/C26H23N5O2S/c1-33-25(32)18-8-6-10-20(16-18)30-15-7-12-22(30)24-23(21-11-3-5-14-28-21)29-26(34)31(24)17-19-9-2-4-13-27-19/h2-16,23-24H,17H2,1H3,(H,29,34)/t23-,24-/m1/s1. The summed E-state index contributed by atoms with van der Waals surface area (Å²) in [5, 5.41) is 4.12. The number of aromatic nitrogens is 3. The highest BCUT2D eigenvalue weighted by Crippen LogP contribution is 2.40. The summed E-state index contributed by atoms with van der Waals surface area (Å²) in [6.45, 7) is 0.550. The Hall–Kier alpha value is -4.04. The van der Waals surface area contributed by atoms with E-state index in [1.807, 2.05) is 66.9 Å². The zero-order valence-electron chi connectivity index (χ0n) is 18.5. The van der Waals surface area contributed by atoms with Crippen LogP contribution in [0, 0.1) is 0 Å². The van der Waals surface area contributed by atoms with Crippen LogP contribution in [0.2, 0.25) is 0 Å². The van der Waals surface area contributed by atoms with Crippen molar-refractivity contribution in [3.63, 3.8) is 0 Å². The molecule has 2 atom stereocenters. The Morgan fingerprint density at radius 3 is 2.59 bits per heavy atom. The van der Waals surface area contributed by atoms with Gasteiger partial charge in [-0.1, -0.05) is 18.2 Å².